The minimum Gasteiger partial charge on any atom is -0.481 e. The van der Waals surface area contributed by atoms with Crippen molar-refractivity contribution < 1.29 is 24.5 Å². The van der Waals surface area contributed by atoms with E-state index in [1.54, 1.807) is 6.92 Å². The smallest absolute Gasteiger partial charge is 0.306 e. The second kappa shape index (κ2) is 5.44. The Morgan fingerprint density at radius 3 is 2.59 bits per heavy atom. The highest BCUT2D eigenvalue weighted by molar-refractivity contribution is 6.31. The Morgan fingerprint density at radius 1 is 1.47 bits per heavy atom. The summed E-state index contributed by atoms with van der Waals surface area (Å²) in [5.41, 5.74) is 0.366. The summed E-state index contributed by atoms with van der Waals surface area (Å²) in [6.07, 6.45) is -3.83. The number of carbonyl (C=O) groups is 1. The van der Waals surface area contributed by atoms with Crippen LogP contribution in [0.25, 0.3) is 0 Å². The highest BCUT2D eigenvalue weighted by atomic mass is 35.5. The maximum absolute atomic E-state index is 13.5. The molecule has 94 valence electrons. The Bertz CT molecular complexity index is 436. The maximum Gasteiger partial charge on any atom is 0.306 e. The standard InChI is InChI=1S/C11H12ClFO4/c1-5-2-6(8(13)3-7(5)12)11(17)9(14)4-10(15)16/h2-3,9,11,14,17H,4H2,1H3,(H,15,16). The highest BCUT2D eigenvalue weighted by Gasteiger charge is 2.24. The lowest BCUT2D eigenvalue weighted by Gasteiger charge is -2.18. The molecule has 0 bridgehead atoms. The molecule has 0 radical (unpaired) electrons. The molecule has 2 unspecified atom stereocenters. The third kappa shape index (κ3) is 3.39. The van der Waals surface area contributed by atoms with Crippen LogP contribution >= 0.6 is 11.6 Å². The predicted octanol–water partition coefficient (Wildman–Crippen LogP) is 1.66. The predicted molar refractivity (Wildman–Crippen MR) is 59.4 cm³/mol. The van der Waals surface area contributed by atoms with Crippen molar-refractivity contribution in [2.75, 3.05) is 0 Å². The summed E-state index contributed by atoms with van der Waals surface area (Å²) in [5, 5.41) is 27.7. The molecular formula is C11H12ClFO4. The molecule has 0 aromatic heterocycles. The second-order valence-corrected chi connectivity index (χ2v) is 4.14. The van der Waals surface area contributed by atoms with Gasteiger partial charge in [0, 0.05) is 10.6 Å². The molecule has 0 amide bonds. The second-order valence-electron chi connectivity index (χ2n) is 3.73. The zero-order chi connectivity index (χ0) is 13.2. The van der Waals surface area contributed by atoms with Crippen LogP contribution in [0.1, 0.15) is 23.7 Å². The summed E-state index contributed by atoms with van der Waals surface area (Å²) >= 11 is 5.68. The van der Waals surface area contributed by atoms with Crippen molar-refractivity contribution in [2.24, 2.45) is 0 Å². The van der Waals surface area contributed by atoms with E-state index in [-0.39, 0.29) is 10.6 Å². The summed E-state index contributed by atoms with van der Waals surface area (Å²) in [7, 11) is 0. The third-order valence-corrected chi connectivity index (χ3v) is 2.75. The van der Waals surface area contributed by atoms with Crippen molar-refractivity contribution in [3.05, 3.63) is 34.1 Å². The Balaban J connectivity index is 2.99. The normalized spacial score (nSPS) is 14.4. The molecule has 4 nitrogen and oxygen atoms in total. The number of hydrogen-bond donors (Lipinski definition) is 3. The van der Waals surface area contributed by atoms with Gasteiger partial charge in [-0.15, -0.1) is 0 Å². The van der Waals surface area contributed by atoms with Crippen LogP contribution in [-0.4, -0.2) is 27.4 Å². The van der Waals surface area contributed by atoms with Crippen molar-refractivity contribution >= 4 is 17.6 Å². The van der Waals surface area contributed by atoms with E-state index in [2.05, 4.69) is 0 Å². The number of carboxylic acid groups (broad SMARTS) is 1. The Hall–Kier alpha value is -1.17. The number of carboxylic acids is 1. The molecule has 3 N–H and O–H groups in total. The van der Waals surface area contributed by atoms with E-state index < -0.39 is 30.4 Å². The molecule has 1 aromatic rings. The molecule has 0 aliphatic heterocycles. The average Bonchev–Trinajstić information content (AvgIpc) is 2.21. The number of benzene rings is 1. The van der Waals surface area contributed by atoms with Gasteiger partial charge in [-0.2, -0.15) is 0 Å². The van der Waals surface area contributed by atoms with Gasteiger partial charge in [-0.05, 0) is 24.6 Å². The van der Waals surface area contributed by atoms with Gasteiger partial charge in [-0.3, -0.25) is 4.79 Å². The first-order valence-corrected chi connectivity index (χ1v) is 5.24. The maximum atomic E-state index is 13.5. The van der Waals surface area contributed by atoms with Crippen LogP contribution in [0.15, 0.2) is 12.1 Å². The highest BCUT2D eigenvalue weighted by Crippen LogP contribution is 2.27. The number of aliphatic carboxylic acids is 1. The van der Waals surface area contributed by atoms with Crippen LogP contribution in [0, 0.1) is 12.7 Å². The molecule has 0 spiro atoms. The molecule has 0 saturated carbocycles. The van der Waals surface area contributed by atoms with Crippen molar-refractivity contribution in [3.8, 4) is 0 Å². The van der Waals surface area contributed by atoms with Crippen LogP contribution in [0.5, 0.6) is 0 Å². The number of aliphatic hydroxyl groups excluding tert-OH is 2. The Kier molecular flexibility index (Phi) is 4.45. The topological polar surface area (TPSA) is 77.8 Å². The van der Waals surface area contributed by atoms with Crippen molar-refractivity contribution in [3.63, 3.8) is 0 Å². The van der Waals surface area contributed by atoms with Gasteiger partial charge in [0.25, 0.3) is 0 Å². The number of aryl methyl sites for hydroxylation is 1. The lowest BCUT2D eigenvalue weighted by molar-refractivity contribution is -0.141. The molecule has 0 aliphatic carbocycles. The summed E-state index contributed by atoms with van der Waals surface area (Å²) in [6.45, 7) is 1.61. The molecule has 0 aliphatic rings. The zero-order valence-electron chi connectivity index (χ0n) is 9.02. The third-order valence-electron chi connectivity index (χ3n) is 2.34. The fraction of sp³-hybridized carbons (Fsp3) is 0.364. The fourth-order valence-corrected chi connectivity index (χ4v) is 1.55. The SMILES string of the molecule is Cc1cc(C(O)C(O)CC(=O)O)c(F)cc1Cl. The number of aliphatic hydroxyl groups is 2. The molecule has 0 fully saturated rings. The van der Waals surface area contributed by atoms with E-state index >= 15 is 0 Å². The largest absolute Gasteiger partial charge is 0.481 e. The Labute approximate surface area is 102 Å². The van der Waals surface area contributed by atoms with E-state index in [1.807, 2.05) is 0 Å². The van der Waals surface area contributed by atoms with Crippen LogP contribution in [-0.2, 0) is 4.79 Å². The molecule has 1 aromatic carbocycles. The van der Waals surface area contributed by atoms with Crippen LogP contribution < -0.4 is 0 Å². The van der Waals surface area contributed by atoms with Gasteiger partial charge in [0.15, 0.2) is 0 Å². The minimum atomic E-state index is -1.60. The van der Waals surface area contributed by atoms with Gasteiger partial charge in [-0.1, -0.05) is 11.6 Å². The summed E-state index contributed by atoms with van der Waals surface area (Å²) in [6, 6.07) is 2.30. The molecule has 17 heavy (non-hydrogen) atoms. The molecule has 2 atom stereocenters. The fourth-order valence-electron chi connectivity index (χ4n) is 1.40. The van der Waals surface area contributed by atoms with E-state index in [0.29, 0.717) is 5.56 Å². The first-order chi connectivity index (χ1) is 7.82. The lowest BCUT2D eigenvalue weighted by Crippen LogP contribution is -2.22. The summed E-state index contributed by atoms with van der Waals surface area (Å²) < 4.78 is 13.5. The molecule has 0 saturated heterocycles. The molecule has 6 heteroatoms. The summed E-state index contributed by atoms with van der Waals surface area (Å²) in [5.74, 6) is -2.06. The van der Waals surface area contributed by atoms with Crippen LogP contribution in [0.2, 0.25) is 5.02 Å². The molecule has 1 rings (SSSR count). The minimum absolute atomic E-state index is 0.166. The first kappa shape index (κ1) is 13.9. The van der Waals surface area contributed by atoms with Gasteiger partial charge in [0.1, 0.15) is 11.9 Å². The van der Waals surface area contributed by atoms with E-state index in [9.17, 15) is 19.4 Å². The van der Waals surface area contributed by atoms with Crippen molar-refractivity contribution in [1.29, 1.82) is 0 Å². The quantitative estimate of drug-likeness (QED) is 0.771. The van der Waals surface area contributed by atoms with Gasteiger partial charge >= 0.3 is 5.97 Å². The van der Waals surface area contributed by atoms with E-state index in [1.165, 1.54) is 6.07 Å². The van der Waals surface area contributed by atoms with E-state index in [0.717, 1.165) is 6.07 Å². The molecular weight excluding hydrogens is 251 g/mol. The van der Waals surface area contributed by atoms with Gasteiger partial charge in [0.05, 0.1) is 12.5 Å². The van der Waals surface area contributed by atoms with E-state index in [4.69, 9.17) is 16.7 Å². The Morgan fingerprint density at radius 2 is 2.06 bits per heavy atom. The molecule has 0 heterocycles. The lowest BCUT2D eigenvalue weighted by atomic mass is 10.00. The first-order valence-electron chi connectivity index (χ1n) is 4.86. The zero-order valence-corrected chi connectivity index (χ0v) is 9.78. The van der Waals surface area contributed by atoms with Gasteiger partial charge in [0.2, 0.25) is 0 Å². The number of halogens is 2. The number of rotatable bonds is 4. The number of hydrogen-bond acceptors (Lipinski definition) is 3. The van der Waals surface area contributed by atoms with Crippen molar-refractivity contribution in [2.45, 2.75) is 25.6 Å². The summed E-state index contributed by atoms with van der Waals surface area (Å²) in [4.78, 5) is 10.4. The average molecular weight is 263 g/mol. The van der Waals surface area contributed by atoms with Crippen molar-refractivity contribution in [1.82, 2.24) is 0 Å². The van der Waals surface area contributed by atoms with Gasteiger partial charge < -0.3 is 15.3 Å². The van der Waals surface area contributed by atoms with Crippen LogP contribution in [0.3, 0.4) is 0 Å². The van der Waals surface area contributed by atoms with Crippen LogP contribution in [0.4, 0.5) is 4.39 Å². The van der Waals surface area contributed by atoms with Gasteiger partial charge in [-0.25, -0.2) is 4.39 Å². The monoisotopic (exact) mass is 262 g/mol.